The molecule has 0 atom stereocenters. The molecule has 0 radical (unpaired) electrons. The minimum Gasteiger partial charge on any atom is -0.495 e. The van der Waals surface area contributed by atoms with E-state index < -0.39 is 5.82 Å². The molecule has 2 heterocycles. The topological polar surface area (TPSA) is 88.8 Å². The average Bonchev–Trinajstić information content (AvgIpc) is 3.16. The van der Waals surface area contributed by atoms with Gasteiger partial charge in [0.2, 0.25) is 0 Å². The molecule has 3 aromatic rings. The Morgan fingerprint density at radius 2 is 2.22 bits per heavy atom. The lowest BCUT2D eigenvalue weighted by molar-refractivity contribution is 0.416. The van der Waals surface area contributed by atoms with Gasteiger partial charge in [0.1, 0.15) is 5.75 Å². The maximum Gasteiger partial charge on any atom is 0.169 e. The van der Waals surface area contributed by atoms with Crippen LogP contribution in [0.2, 0.25) is 0 Å². The summed E-state index contributed by atoms with van der Waals surface area (Å²) >= 11 is 0. The molecule has 23 heavy (non-hydrogen) atoms. The number of nitrogens with one attached hydrogen (secondary N) is 2. The number of pyridine rings is 1. The third-order valence-electron chi connectivity index (χ3n) is 4.24. The fourth-order valence-electron chi connectivity index (χ4n) is 3.10. The van der Waals surface area contributed by atoms with Crippen molar-refractivity contribution in [2.75, 3.05) is 18.2 Å². The number of ether oxygens (including phenoxy) is 1. The molecule has 6 nitrogen and oxygen atoms in total. The molecule has 2 aromatic heterocycles. The van der Waals surface area contributed by atoms with Gasteiger partial charge in [0.25, 0.3) is 0 Å². The van der Waals surface area contributed by atoms with E-state index in [1.54, 1.807) is 7.11 Å². The largest absolute Gasteiger partial charge is 0.495 e. The van der Waals surface area contributed by atoms with Crippen LogP contribution in [0.15, 0.2) is 18.2 Å². The normalized spacial score (nSPS) is 13.3. The Balaban J connectivity index is 1.82. The molecule has 0 saturated heterocycles. The van der Waals surface area contributed by atoms with E-state index in [0.717, 1.165) is 30.5 Å². The Hall–Kier alpha value is -2.83. The van der Waals surface area contributed by atoms with Gasteiger partial charge in [-0.1, -0.05) is 6.07 Å². The first-order valence-electron chi connectivity index (χ1n) is 7.43. The Kier molecular flexibility index (Phi) is 3.07. The summed E-state index contributed by atoms with van der Waals surface area (Å²) in [6.45, 7) is 0. The highest BCUT2D eigenvalue weighted by molar-refractivity contribution is 5.87. The second-order valence-electron chi connectivity index (χ2n) is 5.58. The zero-order chi connectivity index (χ0) is 16.0. The second-order valence-corrected chi connectivity index (χ2v) is 5.58. The number of fused-ring (bicyclic) bond motifs is 2. The van der Waals surface area contributed by atoms with Crippen LogP contribution >= 0.6 is 0 Å². The number of aromatic amines is 1. The van der Waals surface area contributed by atoms with Crippen LogP contribution in [0.25, 0.3) is 11.0 Å². The molecule has 7 heteroatoms. The van der Waals surface area contributed by atoms with Gasteiger partial charge in [0.15, 0.2) is 23.1 Å². The number of benzene rings is 1. The number of hydrogen-bond acceptors (Lipinski definition) is 5. The van der Waals surface area contributed by atoms with Gasteiger partial charge in [0.05, 0.1) is 18.2 Å². The fourth-order valence-corrected chi connectivity index (χ4v) is 3.10. The lowest BCUT2D eigenvalue weighted by atomic mass is 10.1. The van der Waals surface area contributed by atoms with Crippen molar-refractivity contribution in [3.63, 3.8) is 0 Å². The van der Waals surface area contributed by atoms with Crippen molar-refractivity contribution in [1.82, 2.24) is 15.2 Å². The molecule has 0 spiro atoms. The van der Waals surface area contributed by atoms with Gasteiger partial charge in [-0.2, -0.15) is 5.10 Å². The first-order valence-corrected chi connectivity index (χ1v) is 7.43. The quantitative estimate of drug-likeness (QED) is 0.692. The van der Waals surface area contributed by atoms with Crippen molar-refractivity contribution < 1.29 is 9.13 Å². The summed E-state index contributed by atoms with van der Waals surface area (Å²) in [5, 5.41) is 10.1. The van der Waals surface area contributed by atoms with Crippen molar-refractivity contribution in [3.05, 3.63) is 35.1 Å². The lowest BCUT2D eigenvalue weighted by Gasteiger charge is -2.15. The van der Waals surface area contributed by atoms with Crippen LogP contribution in [-0.4, -0.2) is 22.3 Å². The predicted octanol–water partition coefficient (Wildman–Crippen LogP) is 2.92. The number of aryl methyl sites for hydroxylation is 1. The Labute approximate surface area is 131 Å². The Morgan fingerprint density at radius 3 is 3.04 bits per heavy atom. The predicted molar refractivity (Wildman–Crippen MR) is 86.6 cm³/mol. The van der Waals surface area contributed by atoms with Crippen LogP contribution in [0, 0.1) is 5.82 Å². The van der Waals surface area contributed by atoms with Gasteiger partial charge in [-0.25, -0.2) is 9.37 Å². The van der Waals surface area contributed by atoms with Crippen molar-refractivity contribution in [3.8, 4) is 5.75 Å². The summed E-state index contributed by atoms with van der Waals surface area (Å²) in [7, 11) is 1.60. The van der Waals surface area contributed by atoms with Crippen molar-refractivity contribution in [2.24, 2.45) is 0 Å². The van der Waals surface area contributed by atoms with Gasteiger partial charge in [-0.15, -0.1) is 0 Å². The number of nitrogen functional groups attached to an aromatic ring is 1. The van der Waals surface area contributed by atoms with E-state index >= 15 is 0 Å². The summed E-state index contributed by atoms with van der Waals surface area (Å²) in [4.78, 5) is 4.25. The highest BCUT2D eigenvalue weighted by atomic mass is 19.1. The van der Waals surface area contributed by atoms with Crippen LogP contribution in [-0.2, 0) is 12.8 Å². The summed E-state index contributed by atoms with van der Waals surface area (Å²) in [6, 6.07) is 5.30. The molecule has 0 unspecified atom stereocenters. The highest BCUT2D eigenvalue weighted by Crippen LogP contribution is 2.38. The molecular weight excluding hydrogens is 297 g/mol. The maximum atomic E-state index is 14.4. The minimum atomic E-state index is -0.483. The molecular formula is C16H16FN5O. The van der Waals surface area contributed by atoms with Crippen molar-refractivity contribution in [2.45, 2.75) is 19.3 Å². The number of methoxy groups -OCH3 is 1. The Morgan fingerprint density at radius 1 is 1.35 bits per heavy atom. The number of anilines is 3. The van der Waals surface area contributed by atoms with E-state index in [9.17, 15) is 4.39 Å². The number of nitrogens with two attached hydrogens (primary N) is 1. The van der Waals surface area contributed by atoms with E-state index in [4.69, 9.17) is 10.5 Å². The molecule has 0 saturated carbocycles. The van der Waals surface area contributed by atoms with E-state index in [1.807, 2.05) is 6.07 Å². The van der Waals surface area contributed by atoms with E-state index in [1.165, 1.54) is 11.6 Å². The van der Waals surface area contributed by atoms with Crippen LogP contribution < -0.4 is 15.8 Å². The molecule has 1 aromatic carbocycles. The standard InChI is InChI=1S/C16H16FN5O/c1-23-12-6-5-8-3-2-4-9(8)13(12)19-16-11(17)7-10-14(18)21-22-15(10)20-16/h5-7H,2-4H2,1H3,(H4,18,19,20,21,22). The van der Waals surface area contributed by atoms with Crippen LogP contribution in [0.4, 0.5) is 21.7 Å². The molecule has 1 aliphatic carbocycles. The maximum absolute atomic E-state index is 14.4. The van der Waals surface area contributed by atoms with E-state index in [-0.39, 0.29) is 11.6 Å². The van der Waals surface area contributed by atoms with Crippen LogP contribution in [0.5, 0.6) is 5.75 Å². The third kappa shape index (κ3) is 2.16. The van der Waals surface area contributed by atoms with Crippen molar-refractivity contribution >= 4 is 28.4 Å². The number of aromatic nitrogens is 3. The molecule has 0 aliphatic heterocycles. The third-order valence-corrected chi connectivity index (χ3v) is 4.24. The molecule has 0 amide bonds. The zero-order valence-corrected chi connectivity index (χ0v) is 12.6. The summed E-state index contributed by atoms with van der Waals surface area (Å²) in [5.74, 6) is 0.551. The van der Waals surface area contributed by atoms with Gasteiger partial charge in [-0.05, 0) is 42.5 Å². The molecule has 0 bridgehead atoms. The van der Waals surface area contributed by atoms with Gasteiger partial charge < -0.3 is 15.8 Å². The molecule has 0 fully saturated rings. The zero-order valence-electron chi connectivity index (χ0n) is 12.6. The first kappa shape index (κ1) is 13.8. The van der Waals surface area contributed by atoms with Gasteiger partial charge in [0, 0.05) is 0 Å². The highest BCUT2D eigenvalue weighted by Gasteiger charge is 2.20. The van der Waals surface area contributed by atoms with E-state index in [0.29, 0.717) is 16.8 Å². The number of rotatable bonds is 3. The monoisotopic (exact) mass is 313 g/mol. The number of hydrogen-bond donors (Lipinski definition) is 3. The first-order chi connectivity index (χ1) is 11.2. The van der Waals surface area contributed by atoms with Gasteiger partial charge in [-0.3, -0.25) is 5.10 Å². The lowest BCUT2D eigenvalue weighted by Crippen LogP contribution is -2.03. The minimum absolute atomic E-state index is 0.125. The number of halogens is 1. The average molecular weight is 313 g/mol. The van der Waals surface area contributed by atoms with Crippen LogP contribution in [0.1, 0.15) is 17.5 Å². The van der Waals surface area contributed by atoms with E-state index in [2.05, 4.69) is 26.6 Å². The molecule has 4 N–H and O–H groups in total. The van der Waals surface area contributed by atoms with Crippen LogP contribution in [0.3, 0.4) is 0 Å². The number of nitrogens with zero attached hydrogens (tertiary/aromatic N) is 2. The molecule has 4 rings (SSSR count). The Bertz CT molecular complexity index is 905. The summed E-state index contributed by atoms with van der Waals surface area (Å²) in [5.41, 5.74) is 9.32. The van der Waals surface area contributed by atoms with Gasteiger partial charge >= 0.3 is 0 Å². The molecule has 1 aliphatic rings. The second kappa shape index (κ2) is 5.12. The smallest absolute Gasteiger partial charge is 0.169 e. The van der Waals surface area contributed by atoms with Crippen molar-refractivity contribution in [1.29, 1.82) is 0 Å². The fraction of sp³-hybridized carbons (Fsp3) is 0.250. The SMILES string of the molecule is COc1ccc2c(c1Nc1nc3[nH]nc(N)c3cc1F)CCC2. The molecule has 118 valence electrons. The summed E-state index contributed by atoms with van der Waals surface area (Å²) in [6.07, 6.45) is 3.05. The number of H-pyrrole nitrogens is 1. The summed E-state index contributed by atoms with van der Waals surface area (Å²) < 4.78 is 19.8.